The van der Waals surface area contributed by atoms with Crippen LogP contribution in [0.15, 0.2) is 34.3 Å². The van der Waals surface area contributed by atoms with Crippen molar-refractivity contribution in [2.45, 2.75) is 32.9 Å². The van der Waals surface area contributed by atoms with Gasteiger partial charge < -0.3 is 9.15 Å². The Labute approximate surface area is 160 Å². The van der Waals surface area contributed by atoms with E-state index in [-0.39, 0.29) is 0 Å². The van der Waals surface area contributed by atoms with E-state index in [0.29, 0.717) is 11.3 Å². The van der Waals surface area contributed by atoms with Crippen molar-refractivity contribution in [3.8, 4) is 0 Å². The molecule has 0 N–H and O–H groups in total. The maximum Gasteiger partial charge on any atom is 0.117 e. The second-order valence-corrected chi connectivity index (χ2v) is 9.07. The molecular weight excluding hydrogens is 344 g/mol. The van der Waals surface area contributed by atoms with E-state index >= 15 is 0 Å². The van der Waals surface area contributed by atoms with Gasteiger partial charge in [0.15, 0.2) is 0 Å². The highest BCUT2D eigenvalue weighted by Gasteiger charge is 2.47. The normalized spacial score (nSPS) is 23.8. The van der Waals surface area contributed by atoms with Gasteiger partial charge in [0.25, 0.3) is 0 Å². The van der Waals surface area contributed by atoms with Gasteiger partial charge in [-0.15, -0.1) is 11.3 Å². The Morgan fingerprint density at radius 2 is 2.08 bits per heavy atom. The monoisotopic (exact) mass is 374 g/mol. The van der Waals surface area contributed by atoms with E-state index in [4.69, 9.17) is 9.15 Å². The third-order valence-corrected chi connectivity index (χ3v) is 7.41. The molecule has 0 radical (unpaired) electrons. The molecule has 0 unspecified atom stereocenters. The zero-order valence-corrected chi connectivity index (χ0v) is 16.8. The molecule has 2 aromatic heterocycles. The van der Waals surface area contributed by atoms with Crippen LogP contribution in [0.4, 0.5) is 0 Å². The van der Waals surface area contributed by atoms with E-state index in [9.17, 15) is 0 Å². The fourth-order valence-electron chi connectivity index (χ4n) is 4.81. The van der Waals surface area contributed by atoms with Gasteiger partial charge in [-0.1, -0.05) is 0 Å². The zero-order chi connectivity index (χ0) is 18.0. The summed E-state index contributed by atoms with van der Waals surface area (Å²) in [6.45, 7) is 9.84. The molecule has 2 aliphatic rings. The first-order chi connectivity index (χ1) is 12.7. The molecule has 4 heterocycles. The lowest BCUT2D eigenvalue weighted by atomic mass is 9.71. The standard InChI is InChI=1S/C21H30N2O2S/c1-17-5-11-26-20(17)14-22-8-6-21(7-9-22)16-23(12-18(21)15-24-2)13-19-4-3-10-25-19/h3-5,10-11,18H,6-9,12-16H2,1-2H3/t18-/m0/s1. The Hall–Kier alpha value is -1.14. The molecule has 2 aromatic rings. The number of piperidine rings is 1. The molecule has 1 atom stereocenters. The molecule has 0 amide bonds. The predicted molar refractivity (Wildman–Crippen MR) is 105 cm³/mol. The molecule has 1 spiro atoms. The highest BCUT2D eigenvalue weighted by atomic mass is 32.1. The summed E-state index contributed by atoms with van der Waals surface area (Å²) in [7, 11) is 1.84. The van der Waals surface area contributed by atoms with Crippen molar-refractivity contribution in [1.82, 2.24) is 9.80 Å². The van der Waals surface area contributed by atoms with Crippen LogP contribution in [0.5, 0.6) is 0 Å². The summed E-state index contributed by atoms with van der Waals surface area (Å²) >= 11 is 1.90. The number of nitrogens with zero attached hydrogens (tertiary/aromatic N) is 2. The number of thiophene rings is 1. The highest BCUT2D eigenvalue weighted by Crippen LogP contribution is 2.45. The van der Waals surface area contributed by atoms with Crippen LogP contribution < -0.4 is 0 Å². The minimum atomic E-state index is 0.406. The zero-order valence-electron chi connectivity index (χ0n) is 15.9. The number of likely N-dealkylation sites (tertiary alicyclic amines) is 2. The molecule has 5 heteroatoms. The number of furan rings is 1. The highest BCUT2D eigenvalue weighted by molar-refractivity contribution is 7.10. The Kier molecular flexibility index (Phi) is 5.50. The summed E-state index contributed by atoms with van der Waals surface area (Å²) in [4.78, 5) is 6.74. The maximum atomic E-state index is 5.60. The average molecular weight is 375 g/mol. The summed E-state index contributed by atoms with van der Waals surface area (Å²) in [6, 6.07) is 6.31. The molecule has 2 fully saturated rings. The maximum absolute atomic E-state index is 5.60. The Bertz CT molecular complexity index is 689. The third kappa shape index (κ3) is 3.77. The van der Waals surface area contributed by atoms with Crippen LogP contribution in [0.1, 0.15) is 29.0 Å². The van der Waals surface area contributed by atoms with Gasteiger partial charge in [-0.25, -0.2) is 0 Å². The average Bonchev–Trinajstić information content (AvgIpc) is 3.35. The first-order valence-corrected chi connectivity index (χ1v) is 10.6. The SMILES string of the molecule is COC[C@@H]1CN(Cc2ccco2)CC12CCN(Cc1sccc1C)CC2. The fourth-order valence-corrected chi connectivity index (χ4v) is 5.76. The molecule has 26 heavy (non-hydrogen) atoms. The van der Waals surface area contributed by atoms with Crippen molar-refractivity contribution in [1.29, 1.82) is 0 Å². The Morgan fingerprint density at radius 3 is 2.73 bits per heavy atom. The van der Waals surface area contributed by atoms with Crippen LogP contribution in [0.25, 0.3) is 0 Å². The van der Waals surface area contributed by atoms with Gasteiger partial charge in [0.1, 0.15) is 5.76 Å². The van der Waals surface area contributed by atoms with Crippen LogP contribution >= 0.6 is 11.3 Å². The largest absolute Gasteiger partial charge is 0.468 e. The van der Waals surface area contributed by atoms with Gasteiger partial charge in [0.05, 0.1) is 19.4 Å². The lowest BCUT2D eigenvalue weighted by Gasteiger charge is -2.42. The van der Waals surface area contributed by atoms with Crippen molar-refractivity contribution in [3.63, 3.8) is 0 Å². The molecule has 2 aliphatic heterocycles. The molecule has 0 aliphatic carbocycles. The van der Waals surface area contributed by atoms with E-state index in [1.165, 1.54) is 42.9 Å². The van der Waals surface area contributed by atoms with Gasteiger partial charge >= 0.3 is 0 Å². The number of ether oxygens (including phenoxy) is 1. The summed E-state index contributed by atoms with van der Waals surface area (Å²) < 4.78 is 11.2. The molecule has 4 nitrogen and oxygen atoms in total. The van der Waals surface area contributed by atoms with Crippen molar-refractivity contribution >= 4 is 11.3 Å². The summed E-state index contributed by atoms with van der Waals surface area (Å²) in [5.41, 5.74) is 1.85. The molecule has 0 bridgehead atoms. The van der Waals surface area contributed by atoms with E-state index in [2.05, 4.69) is 34.2 Å². The number of rotatable bonds is 6. The number of methoxy groups -OCH3 is 1. The molecule has 4 rings (SSSR count). The van der Waals surface area contributed by atoms with Crippen LogP contribution in [0.3, 0.4) is 0 Å². The number of aryl methyl sites for hydroxylation is 1. The van der Waals surface area contributed by atoms with Gasteiger partial charge in [-0.2, -0.15) is 0 Å². The lowest BCUT2D eigenvalue weighted by molar-refractivity contribution is 0.0352. The first-order valence-electron chi connectivity index (χ1n) is 9.67. The molecule has 2 saturated heterocycles. The van der Waals surface area contributed by atoms with Crippen LogP contribution in [-0.4, -0.2) is 49.7 Å². The second kappa shape index (κ2) is 7.85. The summed E-state index contributed by atoms with van der Waals surface area (Å²) in [5.74, 6) is 1.71. The minimum absolute atomic E-state index is 0.406. The van der Waals surface area contributed by atoms with Crippen molar-refractivity contribution in [2.75, 3.05) is 39.9 Å². The molecular formula is C21H30N2O2S. The van der Waals surface area contributed by atoms with Crippen molar-refractivity contribution in [2.24, 2.45) is 11.3 Å². The molecule has 0 aromatic carbocycles. The quantitative estimate of drug-likeness (QED) is 0.764. The van der Waals surface area contributed by atoms with Crippen molar-refractivity contribution in [3.05, 3.63) is 46.0 Å². The van der Waals surface area contributed by atoms with Crippen molar-refractivity contribution < 1.29 is 9.15 Å². The van der Waals surface area contributed by atoms with E-state index in [1.807, 2.05) is 24.5 Å². The molecule has 0 saturated carbocycles. The van der Waals surface area contributed by atoms with Gasteiger partial charge in [-0.3, -0.25) is 9.80 Å². The lowest BCUT2D eigenvalue weighted by Crippen LogP contribution is -2.44. The fraction of sp³-hybridized carbons (Fsp3) is 0.619. The number of hydrogen-bond acceptors (Lipinski definition) is 5. The van der Waals surface area contributed by atoms with E-state index in [0.717, 1.165) is 32.0 Å². The summed E-state index contributed by atoms with van der Waals surface area (Å²) in [6.07, 6.45) is 4.33. The van der Waals surface area contributed by atoms with E-state index < -0.39 is 0 Å². The van der Waals surface area contributed by atoms with Gasteiger partial charge in [0, 0.05) is 37.5 Å². The van der Waals surface area contributed by atoms with Gasteiger partial charge in [-0.05, 0) is 67.4 Å². The molecule has 142 valence electrons. The topological polar surface area (TPSA) is 28.9 Å². The van der Waals surface area contributed by atoms with E-state index in [1.54, 1.807) is 6.26 Å². The second-order valence-electron chi connectivity index (χ2n) is 8.07. The third-order valence-electron chi connectivity index (χ3n) is 6.40. The van der Waals surface area contributed by atoms with Gasteiger partial charge in [0.2, 0.25) is 0 Å². The summed E-state index contributed by atoms with van der Waals surface area (Å²) in [5, 5.41) is 2.22. The van der Waals surface area contributed by atoms with Crippen LogP contribution in [0, 0.1) is 18.3 Å². The Balaban J connectivity index is 1.39. The predicted octanol–water partition coefficient (Wildman–Crippen LogP) is 4.01. The smallest absolute Gasteiger partial charge is 0.117 e. The first kappa shape index (κ1) is 18.2. The Morgan fingerprint density at radius 1 is 1.23 bits per heavy atom. The van der Waals surface area contributed by atoms with Crippen LogP contribution in [-0.2, 0) is 17.8 Å². The minimum Gasteiger partial charge on any atom is -0.468 e. The van der Waals surface area contributed by atoms with Crippen LogP contribution in [0.2, 0.25) is 0 Å². The number of hydrogen-bond donors (Lipinski definition) is 0.